The minimum Gasteiger partial charge on any atom is -0.452 e. The molecule has 1 aromatic carbocycles. The van der Waals surface area contributed by atoms with Gasteiger partial charge in [-0.3, -0.25) is 4.79 Å². The van der Waals surface area contributed by atoms with Crippen molar-refractivity contribution in [3.05, 3.63) is 41.5 Å². The van der Waals surface area contributed by atoms with E-state index in [9.17, 15) is 22.8 Å². The van der Waals surface area contributed by atoms with Crippen LogP contribution in [0.25, 0.3) is 6.08 Å². The lowest BCUT2D eigenvalue weighted by atomic mass is 9.49. The van der Waals surface area contributed by atoms with E-state index in [0.29, 0.717) is 6.54 Å². The first-order valence-electron chi connectivity index (χ1n) is 10.5. The summed E-state index contributed by atoms with van der Waals surface area (Å²) in [5.74, 6) is 1.29. The normalized spacial score (nSPS) is 29.9. The largest absolute Gasteiger partial charge is 0.452 e. The number of halogens is 3. The Balaban J connectivity index is 1.22. The maximum Gasteiger partial charge on any atom is 0.416 e. The van der Waals surface area contributed by atoms with Crippen LogP contribution in [0.3, 0.4) is 0 Å². The van der Waals surface area contributed by atoms with Gasteiger partial charge in [0.25, 0.3) is 5.91 Å². The molecule has 1 aromatic rings. The number of nitrogens with one attached hydrogen (secondary N) is 1. The molecule has 0 unspecified atom stereocenters. The molecule has 0 saturated heterocycles. The second-order valence-corrected chi connectivity index (χ2v) is 9.26. The summed E-state index contributed by atoms with van der Waals surface area (Å²) >= 11 is 0. The Kier molecular flexibility index (Phi) is 5.64. The summed E-state index contributed by atoms with van der Waals surface area (Å²) in [5, 5.41) is 2.93. The van der Waals surface area contributed by atoms with Crippen molar-refractivity contribution in [3.8, 4) is 0 Å². The number of carbonyl (C=O) groups is 2. The van der Waals surface area contributed by atoms with Crippen LogP contribution in [0.2, 0.25) is 0 Å². The molecule has 162 valence electrons. The maximum atomic E-state index is 12.7. The number of alkyl halides is 3. The van der Waals surface area contributed by atoms with Crippen LogP contribution in [0, 0.1) is 23.2 Å². The fourth-order valence-corrected chi connectivity index (χ4v) is 6.01. The SMILES string of the molecule is O=C(COC(=O)/C=C/c1cccc(C(F)(F)F)c1)NCC12CC3CC(CC(C3)C1)C2. The van der Waals surface area contributed by atoms with Crippen molar-refractivity contribution in [2.45, 2.75) is 44.7 Å². The van der Waals surface area contributed by atoms with Gasteiger partial charge in [0, 0.05) is 12.6 Å². The quantitative estimate of drug-likeness (QED) is 0.540. The third-order valence-corrected chi connectivity index (χ3v) is 6.80. The average Bonchev–Trinajstić information content (AvgIpc) is 2.68. The summed E-state index contributed by atoms with van der Waals surface area (Å²) in [5.41, 5.74) is -0.354. The van der Waals surface area contributed by atoms with E-state index >= 15 is 0 Å². The highest BCUT2D eigenvalue weighted by atomic mass is 19.4. The predicted molar refractivity (Wildman–Crippen MR) is 105 cm³/mol. The minimum atomic E-state index is -4.45. The monoisotopic (exact) mass is 421 g/mol. The van der Waals surface area contributed by atoms with Crippen LogP contribution in [0.1, 0.15) is 49.7 Å². The molecule has 0 spiro atoms. The van der Waals surface area contributed by atoms with Crippen molar-refractivity contribution in [1.29, 1.82) is 0 Å². The number of ether oxygens (including phenoxy) is 1. The molecule has 0 atom stereocenters. The van der Waals surface area contributed by atoms with Crippen LogP contribution in [0.4, 0.5) is 13.2 Å². The summed E-state index contributed by atoms with van der Waals surface area (Å²) in [6.45, 7) is 0.241. The molecule has 4 fully saturated rings. The fraction of sp³-hybridized carbons (Fsp3) is 0.565. The average molecular weight is 421 g/mol. The molecular weight excluding hydrogens is 395 g/mol. The van der Waals surface area contributed by atoms with Crippen LogP contribution < -0.4 is 5.32 Å². The molecule has 4 saturated carbocycles. The Bertz CT molecular complexity index is 811. The second kappa shape index (κ2) is 8.08. The van der Waals surface area contributed by atoms with Gasteiger partial charge in [-0.15, -0.1) is 0 Å². The van der Waals surface area contributed by atoms with E-state index in [1.54, 1.807) is 0 Å². The lowest BCUT2D eigenvalue weighted by Crippen LogP contribution is -2.51. The number of amides is 1. The van der Waals surface area contributed by atoms with Crippen molar-refractivity contribution in [2.75, 3.05) is 13.2 Å². The van der Waals surface area contributed by atoms with E-state index < -0.39 is 24.3 Å². The van der Waals surface area contributed by atoms with Crippen molar-refractivity contribution < 1.29 is 27.5 Å². The van der Waals surface area contributed by atoms with E-state index in [4.69, 9.17) is 4.74 Å². The Labute approximate surface area is 173 Å². The zero-order valence-electron chi connectivity index (χ0n) is 16.7. The van der Waals surface area contributed by atoms with Crippen LogP contribution in [-0.2, 0) is 20.5 Å². The lowest BCUT2D eigenvalue weighted by Gasteiger charge is -2.56. The summed E-state index contributed by atoms with van der Waals surface area (Å²) in [6.07, 6.45) is 5.37. The van der Waals surface area contributed by atoms with Gasteiger partial charge < -0.3 is 10.1 Å². The molecule has 7 heteroatoms. The molecule has 5 rings (SSSR count). The topological polar surface area (TPSA) is 55.4 Å². The van der Waals surface area contributed by atoms with Gasteiger partial charge in [0.15, 0.2) is 6.61 Å². The molecule has 30 heavy (non-hydrogen) atoms. The highest BCUT2D eigenvalue weighted by molar-refractivity contribution is 5.89. The molecule has 4 nitrogen and oxygen atoms in total. The first-order valence-corrected chi connectivity index (χ1v) is 10.5. The van der Waals surface area contributed by atoms with Crippen molar-refractivity contribution in [2.24, 2.45) is 23.2 Å². The molecule has 1 N–H and O–H groups in total. The highest BCUT2D eigenvalue weighted by Crippen LogP contribution is 2.59. The van der Waals surface area contributed by atoms with Gasteiger partial charge in [0.05, 0.1) is 5.56 Å². The lowest BCUT2D eigenvalue weighted by molar-refractivity contribution is -0.144. The van der Waals surface area contributed by atoms with Gasteiger partial charge in [-0.25, -0.2) is 4.79 Å². The molecule has 4 aliphatic carbocycles. The van der Waals surface area contributed by atoms with Crippen LogP contribution in [0.5, 0.6) is 0 Å². The van der Waals surface area contributed by atoms with Crippen LogP contribution >= 0.6 is 0 Å². The minimum absolute atomic E-state index is 0.206. The predicted octanol–water partition coefficient (Wildman–Crippen LogP) is 4.59. The Morgan fingerprint density at radius 2 is 1.73 bits per heavy atom. The first kappa shape index (κ1) is 20.9. The molecule has 4 aliphatic rings. The summed E-state index contributed by atoms with van der Waals surface area (Å²) in [7, 11) is 0. The number of esters is 1. The Hall–Kier alpha value is -2.31. The standard InChI is InChI=1S/C23H26F3NO3/c24-23(25,26)19-3-1-2-15(9-19)4-5-21(29)30-13-20(28)27-14-22-10-16-6-17(11-22)8-18(7-16)12-22/h1-5,9,16-18H,6-8,10-14H2,(H,27,28)/b5-4+. The summed E-state index contributed by atoms with van der Waals surface area (Å²) in [6, 6.07) is 4.63. The smallest absolute Gasteiger partial charge is 0.416 e. The molecular formula is C23H26F3NO3. The molecule has 0 heterocycles. The van der Waals surface area contributed by atoms with Gasteiger partial charge in [-0.05, 0) is 85.5 Å². The molecule has 0 aliphatic heterocycles. The van der Waals surface area contributed by atoms with Gasteiger partial charge in [0.2, 0.25) is 0 Å². The third kappa shape index (κ3) is 4.87. The van der Waals surface area contributed by atoms with E-state index in [2.05, 4.69) is 5.32 Å². The number of benzene rings is 1. The number of carbonyl (C=O) groups excluding carboxylic acids is 2. The fourth-order valence-electron chi connectivity index (χ4n) is 6.01. The Morgan fingerprint density at radius 3 is 2.33 bits per heavy atom. The van der Waals surface area contributed by atoms with E-state index in [1.807, 2.05) is 0 Å². The third-order valence-electron chi connectivity index (χ3n) is 6.80. The molecule has 0 radical (unpaired) electrons. The van der Waals surface area contributed by atoms with Crippen molar-refractivity contribution in [1.82, 2.24) is 5.32 Å². The van der Waals surface area contributed by atoms with Gasteiger partial charge >= 0.3 is 12.1 Å². The van der Waals surface area contributed by atoms with Crippen molar-refractivity contribution in [3.63, 3.8) is 0 Å². The number of hydrogen-bond acceptors (Lipinski definition) is 3. The number of hydrogen-bond donors (Lipinski definition) is 1. The van der Waals surface area contributed by atoms with E-state index in [0.717, 1.165) is 36.0 Å². The van der Waals surface area contributed by atoms with Gasteiger partial charge in [-0.1, -0.05) is 12.1 Å². The van der Waals surface area contributed by atoms with Gasteiger partial charge in [0.1, 0.15) is 0 Å². The van der Waals surface area contributed by atoms with E-state index in [1.165, 1.54) is 56.7 Å². The van der Waals surface area contributed by atoms with Crippen LogP contribution in [-0.4, -0.2) is 25.0 Å². The zero-order valence-corrected chi connectivity index (χ0v) is 16.7. The number of rotatable bonds is 6. The Morgan fingerprint density at radius 1 is 1.10 bits per heavy atom. The molecule has 4 bridgehead atoms. The molecule has 0 aromatic heterocycles. The summed E-state index contributed by atoms with van der Waals surface area (Å²) in [4.78, 5) is 23.9. The first-order chi connectivity index (χ1) is 14.2. The summed E-state index contributed by atoms with van der Waals surface area (Å²) < 4.78 is 43.1. The maximum absolute atomic E-state index is 12.7. The second-order valence-electron chi connectivity index (χ2n) is 9.26. The van der Waals surface area contributed by atoms with Crippen LogP contribution in [0.15, 0.2) is 30.3 Å². The molecule has 1 amide bonds. The zero-order chi connectivity index (χ0) is 21.4. The van der Waals surface area contributed by atoms with E-state index in [-0.39, 0.29) is 16.9 Å². The van der Waals surface area contributed by atoms with Crippen molar-refractivity contribution >= 4 is 18.0 Å². The highest BCUT2D eigenvalue weighted by Gasteiger charge is 2.50. The van der Waals surface area contributed by atoms with Gasteiger partial charge in [-0.2, -0.15) is 13.2 Å².